The Morgan fingerprint density at radius 2 is 1.48 bits per heavy atom. The molecule has 0 saturated carbocycles. The first kappa shape index (κ1) is 20.1. The van der Waals surface area contributed by atoms with Gasteiger partial charge in [0.25, 0.3) is 0 Å². The molecule has 0 aliphatic carbocycles. The fourth-order valence-corrected chi connectivity index (χ4v) is 2.24. The molecule has 0 heterocycles. The lowest BCUT2D eigenvalue weighted by Gasteiger charge is -2.11. The van der Waals surface area contributed by atoms with Gasteiger partial charge in [-0.25, -0.2) is 0 Å². The maximum absolute atomic E-state index is 12.7. The highest BCUT2D eigenvalue weighted by Crippen LogP contribution is 2.31. The molecule has 2 aromatic rings. The maximum Gasteiger partial charge on any atom is 0.416 e. The molecule has 0 saturated heterocycles. The molecule has 27 heavy (non-hydrogen) atoms. The van der Waals surface area contributed by atoms with Crippen molar-refractivity contribution in [2.45, 2.75) is 12.6 Å². The van der Waals surface area contributed by atoms with Crippen molar-refractivity contribution in [3.05, 3.63) is 48.0 Å². The number of halogens is 3. The summed E-state index contributed by atoms with van der Waals surface area (Å²) in [7, 11) is 2.90. The number of carbonyl (C=O) groups excluding carboxylic acids is 2. The van der Waals surface area contributed by atoms with Crippen molar-refractivity contribution in [2.75, 3.05) is 24.9 Å². The van der Waals surface area contributed by atoms with E-state index < -0.39 is 30.0 Å². The zero-order valence-electron chi connectivity index (χ0n) is 14.5. The van der Waals surface area contributed by atoms with E-state index >= 15 is 0 Å². The summed E-state index contributed by atoms with van der Waals surface area (Å²) in [5, 5.41) is 4.77. The molecule has 0 aromatic heterocycles. The van der Waals surface area contributed by atoms with E-state index in [2.05, 4.69) is 10.6 Å². The van der Waals surface area contributed by atoms with E-state index in [-0.39, 0.29) is 5.69 Å². The number of carbonyl (C=O) groups is 2. The molecule has 2 amide bonds. The summed E-state index contributed by atoms with van der Waals surface area (Å²) in [6.07, 6.45) is -5.09. The van der Waals surface area contributed by atoms with Crippen LogP contribution in [0.2, 0.25) is 0 Å². The third kappa shape index (κ3) is 5.63. The first-order chi connectivity index (χ1) is 12.7. The second-order valence-electron chi connectivity index (χ2n) is 5.42. The van der Waals surface area contributed by atoms with Gasteiger partial charge < -0.3 is 20.1 Å². The summed E-state index contributed by atoms with van der Waals surface area (Å²) in [5.74, 6) is -0.513. The van der Waals surface area contributed by atoms with Crippen LogP contribution in [0.4, 0.5) is 24.5 Å². The van der Waals surface area contributed by atoms with Crippen molar-refractivity contribution < 1.29 is 32.2 Å². The molecule has 0 atom stereocenters. The molecule has 0 unspecified atom stereocenters. The van der Waals surface area contributed by atoms with Crippen molar-refractivity contribution in [3.8, 4) is 11.5 Å². The molecule has 0 aliphatic heterocycles. The Morgan fingerprint density at radius 3 is 2.04 bits per heavy atom. The lowest BCUT2D eigenvalue weighted by molar-refractivity contribution is -0.137. The van der Waals surface area contributed by atoms with Crippen LogP contribution in [0.25, 0.3) is 0 Å². The Kier molecular flexibility index (Phi) is 6.27. The molecule has 144 valence electrons. The Hall–Kier alpha value is -3.23. The van der Waals surface area contributed by atoms with Gasteiger partial charge in [0.15, 0.2) is 11.5 Å². The lowest BCUT2D eigenvalue weighted by Crippen LogP contribution is -2.21. The van der Waals surface area contributed by atoms with Crippen molar-refractivity contribution in [2.24, 2.45) is 0 Å². The number of nitrogens with one attached hydrogen (secondary N) is 2. The molecule has 9 heteroatoms. The number of hydrogen-bond acceptors (Lipinski definition) is 4. The quantitative estimate of drug-likeness (QED) is 0.747. The van der Waals surface area contributed by atoms with Crippen molar-refractivity contribution in [3.63, 3.8) is 0 Å². The topological polar surface area (TPSA) is 76.7 Å². The molecule has 0 aliphatic rings. The lowest BCUT2D eigenvalue weighted by atomic mass is 10.2. The number of methoxy groups -OCH3 is 2. The van der Waals surface area contributed by atoms with Crippen LogP contribution in [0, 0.1) is 0 Å². The van der Waals surface area contributed by atoms with Crippen molar-refractivity contribution >= 4 is 23.2 Å². The third-order valence-corrected chi connectivity index (χ3v) is 3.46. The van der Waals surface area contributed by atoms with Crippen molar-refractivity contribution in [1.29, 1.82) is 0 Å². The van der Waals surface area contributed by atoms with Crippen LogP contribution in [0.5, 0.6) is 11.5 Å². The van der Waals surface area contributed by atoms with E-state index in [1.54, 1.807) is 12.1 Å². The molecule has 0 bridgehead atoms. The Balaban J connectivity index is 1.97. The van der Waals surface area contributed by atoms with Gasteiger partial charge in [-0.3, -0.25) is 9.59 Å². The van der Waals surface area contributed by atoms with Gasteiger partial charge in [0.1, 0.15) is 6.42 Å². The van der Waals surface area contributed by atoms with E-state index in [1.165, 1.54) is 32.4 Å². The van der Waals surface area contributed by atoms with Gasteiger partial charge in [0.2, 0.25) is 11.8 Å². The van der Waals surface area contributed by atoms with Gasteiger partial charge in [0, 0.05) is 17.4 Å². The largest absolute Gasteiger partial charge is 0.493 e. The first-order valence-electron chi connectivity index (χ1n) is 7.72. The predicted molar refractivity (Wildman–Crippen MR) is 92.9 cm³/mol. The average molecular weight is 382 g/mol. The highest BCUT2D eigenvalue weighted by molar-refractivity contribution is 6.08. The predicted octanol–water partition coefficient (Wildman–Crippen LogP) is 3.69. The molecule has 0 fully saturated rings. The Labute approximate surface area is 153 Å². The zero-order chi connectivity index (χ0) is 20.0. The molecule has 2 aromatic carbocycles. The van der Waals surface area contributed by atoms with Crippen LogP contribution in [0.1, 0.15) is 12.0 Å². The van der Waals surface area contributed by atoms with E-state index in [0.29, 0.717) is 17.2 Å². The standard InChI is InChI=1S/C18H17F3N2O4/c1-26-14-7-6-13(9-15(14)27-2)23-17(25)10-16(24)22-12-5-3-4-11(8-12)18(19,20)21/h3-9H,10H2,1-2H3,(H,22,24)(H,23,25). The maximum atomic E-state index is 12.7. The van der Waals surface area contributed by atoms with Gasteiger partial charge in [-0.1, -0.05) is 6.07 Å². The number of ether oxygens (including phenoxy) is 2. The van der Waals surface area contributed by atoms with E-state index in [4.69, 9.17) is 9.47 Å². The second-order valence-corrected chi connectivity index (χ2v) is 5.42. The normalized spacial score (nSPS) is 10.9. The first-order valence-corrected chi connectivity index (χ1v) is 7.72. The minimum Gasteiger partial charge on any atom is -0.493 e. The fourth-order valence-electron chi connectivity index (χ4n) is 2.24. The van der Waals surface area contributed by atoms with Gasteiger partial charge in [-0.2, -0.15) is 13.2 Å². The Morgan fingerprint density at radius 1 is 0.889 bits per heavy atom. The Bertz CT molecular complexity index is 838. The van der Waals surface area contributed by atoms with Gasteiger partial charge in [0.05, 0.1) is 19.8 Å². The number of amides is 2. The summed E-state index contributed by atoms with van der Waals surface area (Å²) >= 11 is 0. The van der Waals surface area contributed by atoms with E-state index in [1.807, 2.05) is 0 Å². The number of alkyl halides is 3. The summed E-state index contributed by atoms with van der Waals surface area (Å²) in [5.41, 5.74) is -0.562. The van der Waals surface area contributed by atoms with Crippen LogP contribution < -0.4 is 20.1 Å². The molecular formula is C18H17F3N2O4. The molecular weight excluding hydrogens is 365 g/mol. The minimum absolute atomic E-state index is 0.0475. The van der Waals surface area contributed by atoms with Crippen LogP contribution in [-0.2, 0) is 15.8 Å². The number of anilines is 2. The smallest absolute Gasteiger partial charge is 0.416 e. The zero-order valence-corrected chi connectivity index (χ0v) is 14.5. The third-order valence-electron chi connectivity index (χ3n) is 3.46. The molecule has 0 radical (unpaired) electrons. The van der Waals surface area contributed by atoms with E-state index in [9.17, 15) is 22.8 Å². The van der Waals surface area contributed by atoms with Gasteiger partial charge in [-0.05, 0) is 30.3 Å². The molecule has 6 nitrogen and oxygen atoms in total. The number of hydrogen-bond donors (Lipinski definition) is 2. The van der Waals surface area contributed by atoms with E-state index in [0.717, 1.165) is 12.1 Å². The van der Waals surface area contributed by atoms with Gasteiger partial charge >= 0.3 is 6.18 Å². The molecule has 2 N–H and O–H groups in total. The SMILES string of the molecule is COc1ccc(NC(=O)CC(=O)Nc2cccc(C(F)(F)F)c2)cc1OC. The summed E-state index contributed by atoms with van der Waals surface area (Å²) in [6, 6.07) is 8.81. The number of rotatable bonds is 6. The number of benzene rings is 2. The molecule has 0 spiro atoms. The second kappa shape index (κ2) is 8.43. The van der Waals surface area contributed by atoms with Crippen LogP contribution in [0.3, 0.4) is 0 Å². The summed E-state index contributed by atoms with van der Waals surface area (Å²) in [4.78, 5) is 23.9. The van der Waals surface area contributed by atoms with Crippen LogP contribution in [-0.4, -0.2) is 26.0 Å². The van der Waals surface area contributed by atoms with Gasteiger partial charge in [-0.15, -0.1) is 0 Å². The fraction of sp³-hybridized carbons (Fsp3) is 0.222. The monoisotopic (exact) mass is 382 g/mol. The molecule has 2 rings (SSSR count). The van der Waals surface area contributed by atoms with Crippen molar-refractivity contribution in [1.82, 2.24) is 0 Å². The van der Waals surface area contributed by atoms with Crippen LogP contribution in [0.15, 0.2) is 42.5 Å². The summed E-state index contributed by atoms with van der Waals surface area (Å²) in [6.45, 7) is 0. The minimum atomic E-state index is -4.52. The summed E-state index contributed by atoms with van der Waals surface area (Å²) < 4.78 is 48.2. The average Bonchev–Trinajstić information content (AvgIpc) is 2.60. The highest BCUT2D eigenvalue weighted by Gasteiger charge is 2.30. The van der Waals surface area contributed by atoms with Crippen LogP contribution >= 0.6 is 0 Å². The highest BCUT2D eigenvalue weighted by atomic mass is 19.4.